The number of hydrogen-bond acceptors (Lipinski definition) is 2. The summed E-state index contributed by atoms with van der Waals surface area (Å²) in [4.78, 5) is 17.0. The Bertz CT molecular complexity index is 60.0. The van der Waals surface area contributed by atoms with Crippen molar-refractivity contribution in [3.8, 4) is 0 Å². The van der Waals surface area contributed by atoms with Crippen molar-refractivity contribution in [3.63, 3.8) is 0 Å². The van der Waals surface area contributed by atoms with Gasteiger partial charge in [0, 0.05) is 0 Å². The standard InChI is InChI=1S/C4H11ClO2Si/c1-2-3-4(5)8(6)7/h4,6-8H,2-3H2,1H3. The first-order chi connectivity index (χ1) is 3.68. The minimum Gasteiger partial charge on any atom is -0.412 e. The first kappa shape index (κ1) is 8.43. The number of halogens is 1. The van der Waals surface area contributed by atoms with Crippen molar-refractivity contribution in [2.24, 2.45) is 0 Å². The second kappa shape index (κ2) is 4.32. The molecule has 50 valence electrons. The van der Waals surface area contributed by atoms with Crippen LogP contribution in [0.25, 0.3) is 0 Å². The molecule has 0 saturated heterocycles. The van der Waals surface area contributed by atoms with Crippen LogP contribution < -0.4 is 0 Å². The van der Waals surface area contributed by atoms with E-state index in [1.54, 1.807) is 0 Å². The van der Waals surface area contributed by atoms with Gasteiger partial charge >= 0.3 is 9.28 Å². The Morgan fingerprint density at radius 3 is 2.25 bits per heavy atom. The van der Waals surface area contributed by atoms with Crippen LogP contribution in [0.3, 0.4) is 0 Å². The summed E-state index contributed by atoms with van der Waals surface area (Å²) in [6, 6.07) is 0. The summed E-state index contributed by atoms with van der Waals surface area (Å²) in [5.41, 5.74) is 0. The minimum atomic E-state index is -2.52. The fourth-order valence-corrected chi connectivity index (χ4v) is 1.27. The highest BCUT2D eigenvalue weighted by molar-refractivity contribution is 6.57. The predicted molar refractivity (Wildman–Crippen MR) is 36.1 cm³/mol. The minimum absolute atomic E-state index is 0.361. The van der Waals surface area contributed by atoms with Gasteiger partial charge in [0.25, 0.3) is 0 Å². The average Bonchev–Trinajstić information content (AvgIpc) is 1.67. The quantitative estimate of drug-likeness (QED) is 0.449. The van der Waals surface area contributed by atoms with E-state index >= 15 is 0 Å². The molecule has 0 aromatic carbocycles. The Hall–Kier alpha value is 0.427. The molecule has 0 radical (unpaired) electrons. The highest BCUT2D eigenvalue weighted by Gasteiger charge is 2.14. The van der Waals surface area contributed by atoms with Crippen molar-refractivity contribution < 1.29 is 9.59 Å². The van der Waals surface area contributed by atoms with Gasteiger partial charge in [-0.15, -0.1) is 11.6 Å². The zero-order valence-electron chi connectivity index (χ0n) is 4.84. The number of rotatable bonds is 3. The molecule has 8 heavy (non-hydrogen) atoms. The van der Waals surface area contributed by atoms with Gasteiger partial charge in [0.15, 0.2) is 0 Å². The monoisotopic (exact) mass is 154 g/mol. The summed E-state index contributed by atoms with van der Waals surface area (Å²) < 4.78 is 0. The zero-order valence-corrected chi connectivity index (χ0v) is 6.75. The summed E-state index contributed by atoms with van der Waals surface area (Å²) in [5, 5.41) is -0.361. The lowest BCUT2D eigenvalue weighted by Crippen LogP contribution is -2.25. The molecule has 2 N–H and O–H groups in total. The SMILES string of the molecule is CCCC(Cl)[SiH](O)O. The molecule has 0 aromatic rings. The van der Waals surface area contributed by atoms with Gasteiger partial charge in [0.2, 0.25) is 0 Å². The Balaban J connectivity index is 3.17. The highest BCUT2D eigenvalue weighted by atomic mass is 35.5. The topological polar surface area (TPSA) is 40.5 Å². The van der Waals surface area contributed by atoms with Crippen LogP contribution in [0.15, 0.2) is 0 Å². The average molecular weight is 155 g/mol. The predicted octanol–water partition coefficient (Wildman–Crippen LogP) is 0.138. The summed E-state index contributed by atoms with van der Waals surface area (Å²) >= 11 is 5.48. The Kier molecular flexibility index (Phi) is 4.55. The maximum absolute atomic E-state index is 8.51. The second-order valence-electron chi connectivity index (χ2n) is 1.72. The van der Waals surface area contributed by atoms with E-state index < -0.39 is 9.28 Å². The molecule has 0 saturated carbocycles. The van der Waals surface area contributed by atoms with Gasteiger partial charge in [-0.1, -0.05) is 13.3 Å². The van der Waals surface area contributed by atoms with Crippen LogP contribution in [-0.4, -0.2) is 23.9 Å². The summed E-state index contributed by atoms with van der Waals surface area (Å²) in [5.74, 6) is 0. The molecule has 0 aromatic heterocycles. The lowest BCUT2D eigenvalue weighted by molar-refractivity contribution is 0.398. The van der Waals surface area contributed by atoms with Crippen LogP contribution >= 0.6 is 11.6 Å². The van der Waals surface area contributed by atoms with Gasteiger partial charge in [0.1, 0.15) is 0 Å². The second-order valence-corrected chi connectivity index (χ2v) is 4.33. The third-order valence-electron chi connectivity index (χ3n) is 0.888. The molecule has 1 unspecified atom stereocenters. The largest absolute Gasteiger partial charge is 0.412 e. The van der Waals surface area contributed by atoms with Crippen LogP contribution in [0, 0.1) is 0 Å². The molecule has 4 heteroatoms. The van der Waals surface area contributed by atoms with Crippen LogP contribution in [0.1, 0.15) is 19.8 Å². The maximum atomic E-state index is 8.51. The van der Waals surface area contributed by atoms with Gasteiger partial charge < -0.3 is 9.59 Å². The van der Waals surface area contributed by atoms with Crippen LogP contribution in [0.4, 0.5) is 0 Å². The first-order valence-electron chi connectivity index (χ1n) is 2.68. The first-order valence-corrected chi connectivity index (χ1v) is 4.82. The highest BCUT2D eigenvalue weighted by Crippen LogP contribution is 2.04. The number of hydrogen-bond donors (Lipinski definition) is 2. The normalized spacial score (nSPS) is 14.6. The van der Waals surface area contributed by atoms with Gasteiger partial charge in [0.05, 0.1) is 5.00 Å². The molecule has 2 nitrogen and oxygen atoms in total. The fourth-order valence-electron chi connectivity index (χ4n) is 0.425. The number of alkyl halides is 1. The smallest absolute Gasteiger partial charge is 0.334 e. The van der Waals surface area contributed by atoms with Crippen molar-refractivity contribution in [1.29, 1.82) is 0 Å². The van der Waals surface area contributed by atoms with Crippen molar-refractivity contribution in [3.05, 3.63) is 0 Å². The van der Waals surface area contributed by atoms with Crippen molar-refractivity contribution in [1.82, 2.24) is 0 Å². The van der Waals surface area contributed by atoms with E-state index in [4.69, 9.17) is 21.2 Å². The van der Waals surface area contributed by atoms with Crippen molar-refractivity contribution in [2.45, 2.75) is 24.8 Å². The van der Waals surface area contributed by atoms with Gasteiger partial charge in [-0.2, -0.15) is 0 Å². The van der Waals surface area contributed by atoms with E-state index in [1.165, 1.54) is 0 Å². The van der Waals surface area contributed by atoms with Crippen LogP contribution in [0.2, 0.25) is 0 Å². The van der Waals surface area contributed by atoms with Crippen molar-refractivity contribution in [2.75, 3.05) is 0 Å². The molecular weight excluding hydrogens is 144 g/mol. The zero-order chi connectivity index (χ0) is 6.57. The third kappa shape index (κ3) is 3.43. The lowest BCUT2D eigenvalue weighted by atomic mass is 10.4. The van der Waals surface area contributed by atoms with Gasteiger partial charge in [-0.05, 0) is 6.42 Å². The van der Waals surface area contributed by atoms with E-state index in [-0.39, 0.29) is 5.00 Å². The molecule has 0 aliphatic heterocycles. The van der Waals surface area contributed by atoms with Crippen LogP contribution in [0.5, 0.6) is 0 Å². The fraction of sp³-hybridized carbons (Fsp3) is 1.00. The summed E-state index contributed by atoms with van der Waals surface area (Å²) in [6.45, 7) is 1.96. The van der Waals surface area contributed by atoms with Gasteiger partial charge in [-0.25, -0.2) is 0 Å². The van der Waals surface area contributed by atoms with Gasteiger partial charge in [-0.3, -0.25) is 0 Å². The molecule has 0 aliphatic carbocycles. The summed E-state index contributed by atoms with van der Waals surface area (Å²) in [7, 11) is -2.52. The lowest BCUT2D eigenvalue weighted by Gasteiger charge is -2.05. The summed E-state index contributed by atoms with van der Waals surface area (Å²) in [6.07, 6.45) is 1.63. The van der Waals surface area contributed by atoms with E-state index in [9.17, 15) is 0 Å². The van der Waals surface area contributed by atoms with Crippen molar-refractivity contribution >= 4 is 20.9 Å². The van der Waals surface area contributed by atoms with E-state index in [2.05, 4.69) is 0 Å². The molecule has 1 atom stereocenters. The molecule has 0 aliphatic rings. The molecule has 0 bridgehead atoms. The maximum Gasteiger partial charge on any atom is 0.334 e. The molecule has 0 amide bonds. The van der Waals surface area contributed by atoms with Crippen LogP contribution in [-0.2, 0) is 0 Å². The van der Waals surface area contributed by atoms with E-state index in [0.29, 0.717) is 6.42 Å². The van der Waals surface area contributed by atoms with E-state index in [0.717, 1.165) is 6.42 Å². The third-order valence-corrected chi connectivity index (χ3v) is 2.76. The molecule has 0 heterocycles. The molecular formula is C4H11ClO2Si. The molecule has 0 spiro atoms. The molecule has 0 fully saturated rings. The van der Waals surface area contributed by atoms with E-state index in [1.807, 2.05) is 6.92 Å². The Morgan fingerprint density at radius 1 is 1.62 bits per heavy atom. The Morgan fingerprint density at radius 2 is 2.12 bits per heavy atom. The Labute approximate surface area is 56.0 Å². The molecule has 0 rings (SSSR count).